The van der Waals surface area contributed by atoms with Gasteiger partial charge in [0.15, 0.2) is 0 Å². The number of rotatable bonds is 0. The molecule has 1 nitrogen and oxygen atoms in total. The highest BCUT2D eigenvalue weighted by Gasteiger charge is 2.06. The number of hydrogen-bond donors (Lipinski definition) is 1. The van der Waals surface area contributed by atoms with Crippen molar-refractivity contribution < 1.29 is 0 Å². The van der Waals surface area contributed by atoms with Crippen molar-refractivity contribution >= 4 is 11.8 Å². The molecule has 1 aliphatic rings. The van der Waals surface area contributed by atoms with Gasteiger partial charge in [0.1, 0.15) is 0 Å². The third-order valence-electron chi connectivity index (χ3n) is 2.48. The van der Waals surface area contributed by atoms with Crippen molar-refractivity contribution in [3.8, 4) is 0 Å². The predicted molar refractivity (Wildman–Crippen MR) is 53.4 cm³/mol. The molecule has 0 radical (unpaired) electrons. The fourth-order valence-corrected chi connectivity index (χ4v) is 1.55. The minimum Gasteiger partial charge on any atom is -0.381 e. The molecule has 2 rings (SSSR count). The summed E-state index contributed by atoms with van der Waals surface area (Å²) in [4.78, 5) is 0. The van der Waals surface area contributed by atoms with Crippen molar-refractivity contribution in [2.24, 2.45) is 0 Å². The average molecular weight is 159 g/mol. The SMILES string of the molecule is Cc1ccc2c(c1C)C=CCN2. The summed E-state index contributed by atoms with van der Waals surface area (Å²) in [6.45, 7) is 5.28. The van der Waals surface area contributed by atoms with Crippen LogP contribution in [0.3, 0.4) is 0 Å². The van der Waals surface area contributed by atoms with Gasteiger partial charge in [0, 0.05) is 17.8 Å². The number of benzene rings is 1. The van der Waals surface area contributed by atoms with Crippen molar-refractivity contribution in [1.29, 1.82) is 0 Å². The van der Waals surface area contributed by atoms with Crippen LogP contribution in [0.5, 0.6) is 0 Å². The molecule has 1 aromatic rings. The van der Waals surface area contributed by atoms with Crippen molar-refractivity contribution in [3.63, 3.8) is 0 Å². The van der Waals surface area contributed by atoms with Crippen LogP contribution in [0.1, 0.15) is 16.7 Å². The van der Waals surface area contributed by atoms with E-state index in [9.17, 15) is 0 Å². The van der Waals surface area contributed by atoms with Crippen LogP contribution in [0.15, 0.2) is 18.2 Å². The zero-order chi connectivity index (χ0) is 8.55. The minimum absolute atomic E-state index is 0.954. The second kappa shape index (κ2) is 2.67. The molecule has 0 spiro atoms. The van der Waals surface area contributed by atoms with E-state index < -0.39 is 0 Å². The molecular formula is C11H13N. The fraction of sp³-hybridized carbons (Fsp3) is 0.273. The van der Waals surface area contributed by atoms with Crippen LogP contribution in [0, 0.1) is 13.8 Å². The molecule has 0 aliphatic carbocycles. The van der Waals surface area contributed by atoms with Gasteiger partial charge in [0.2, 0.25) is 0 Å². The van der Waals surface area contributed by atoms with Crippen molar-refractivity contribution in [1.82, 2.24) is 0 Å². The first-order chi connectivity index (χ1) is 5.79. The highest BCUT2D eigenvalue weighted by Crippen LogP contribution is 2.25. The smallest absolute Gasteiger partial charge is 0.0419 e. The molecule has 0 saturated carbocycles. The van der Waals surface area contributed by atoms with E-state index in [1.54, 1.807) is 0 Å². The summed E-state index contributed by atoms with van der Waals surface area (Å²) in [5, 5.41) is 3.34. The Balaban J connectivity index is 2.64. The molecule has 0 aromatic heterocycles. The topological polar surface area (TPSA) is 12.0 Å². The van der Waals surface area contributed by atoms with Crippen LogP contribution in [-0.4, -0.2) is 6.54 Å². The molecule has 12 heavy (non-hydrogen) atoms. The van der Waals surface area contributed by atoms with Gasteiger partial charge < -0.3 is 5.32 Å². The van der Waals surface area contributed by atoms with Crippen molar-refractivity contribution in [2.75, 3.05) is 11.9 Å². The molecule has 1 aliphatic heterocycles. The maximum atomic E-state index is 3.34. The van der Waals surface area contributed by atoms with E-state index >= 15 is 0 Å². The van der Waals surface area contributed by atoms with Gasteiger partial charge >= 0.3 is 0 Å². The van der Waals surface area contributed by atoms with Gasteiger partial charge in [-0.05, 0) is 31.0 Å². The Hall–Kier alpha value is -1.24. The number of aryl methyl sites for hydroxylation is 1. The lowest BCUT2D eigenvalue weighted by molar-refractivity contribution is 1.25. The van der Waals surface area contributed by atoms with Crippen LogP contribution in [0.2, 0.25) is 0 Å². The Bertz CT molecular complexity index is 337. The number of nitrogens with one attached hydrogen (secondary N) is 1. The second-order valence-corrected chi connectivity index (χ2v) is 3.25. The Morgan fingerprint density at radius 3 is 2.92 bits per heavy atom. The average Bonchev–Trinajstić information content (AvgIpc) is 2.12. The van der Waals surface area contributed by atoms with Gasteiger partial charge in [-0.15, -0.1) is 0 Å². The molecule has 0 unspecified atom stereocenters. The lowest BCUT2D eigenvalue weighted by Crippen LogP contribution is -2.05. The summed E-state index contributed by atoms with van der Waals surface area (Å²) in [5.41, 5.74) is 5.36. The largest absolute Gasteiger partial charge is 0.381 e. The third kappa shape index (κ3) is 1.02. The molecule has 0 atom stereocenters. The van der Waals surface area contributed by atoms with Crippen LogP contribution < -0.4 is 5.32 Å². The summed E-state index contributed by atoms with van der Waals surface area (Å²) >= 11 is 0. The van der Waals surface area contributed by atoms with Gasteiger partial charge in [-0.2, -0.15) is 0 Å². The van der Waals surface area contributed by atoms with Gasteiger partial charge in [0.05, 0.1) is 0 Å². The normalized spacial score (nSPS) is 13.8. The van der Waals surface area contributed by atoms with E-state index in [-0.39, 0.29) is 0 Å². The molecule has 1 heteroatoms. The molecule has 1 heterocycles. The quantitative estimate of drug-likeness (QED) is 0.613. The van der Waals surface area contributed by atoms with Gasteiger partial charge in [-0.25, -0.2) is 0 Å². The third-order valence-corrected chi connectivity index (χ3v) is 2.48. The highest BCUT2D eigenvalue weighted by atomic mass is 14.9. The number of fused-ring (bicyclic) bond motifs is 1. The molecule has 0 fully saturated rings. The molecule has 0 amide bonds. The van der Waals surface area contributed by atoms with Crippen LogP contribution in [-0.2, 0) is 0 Å². The molecule has 0 saturated heterocycles. The monoisotopic (exact) mass is 159 g/mol. The Kier molecular flexibility index (Phi) is 1.65. The highest BCUT2D eigenvalue weighted by molar-refractivity contribution is 5.73. The Morgan fingerprint density at radius 2 is 2.08 bits per heavy atom. The van der Waals surface area contributed by atoms with E-state index in [0.717, 1.165) is 6.54 Å². The second-order valence-electron chi connectivity index (χ2n) is 3.25. The zero-order valence-electron chi connectivity index (χ0n) is 7.52. The molecular weight excluding hydrogens is 146 g/mol. The summed E-state index contributed by atoms with van der Waals surface area (Å²) in [7, 11) is 0. The fourth-order valence-electron chi connectivity index (χ4n) is 1.55. The standard InChI is InChI=1S/C11H13N/c1-8-5-6-11-10(9(8)2)4-3-7-12-11/h3-6,12H,7H2,1-2H3. The van der Waals surface area contributed by atoms with E-state index in [0.29, 0.717) is 0 Å². The Morgan fingerprint density at radius 1 is 1.25 bits per heavy atom. The number of anilines is 1. The molecule has 0 bridgehead atoms. The Labute approximate surface area is 73.1 Å². The van der Waals surface area contributed by atoms with Gasteiger partial charge in [-0.3, -0.25) is 0 Å². The maximum absolute atomic E-state index is 3.34. The summed E-state index contributed by atoms with van der Waals surface area (Å²) < 4.78 is 0. The van der Waals surface area contributed by atoms with E-state index in [4.69, 9.17) is 0 Å². The van der Waals surface area contributed by atoms with Crippen LogP contribution >= 0.6 is 0 Å². The van der Waals surface area contributed by atoms with Crippen LogP contribution in [0.4, 0.5) is 5.69 Å². The molecule has 62 valence electrons. The van der Waals surface area contributed by atoms with Crippen molar-refractivity contribution in [3.05, 3.63) is 34.9 Å². The number of hydrogen-bond acceptors (Lipinski definition) is 1. The van der Waals surface area contributed by atoms with E-state index in [2.05, 4.69) is 43.4 Å². The van der Waals surface area contributed by atoms with E-state index in [1.165, 1.54) is 22.4 Å². The first kappa shape index (κ1) is 7.41. The molecule has 1 aromatic carbocycles. The first-order valence-corrected chi connectivity index (χ1v) is 4.29. The van der Waals surface area contributed by atoms with E-state index in [1.807, 2.05) is 0 Å². The van der Waals surface area contributed by atoms with Gasteiger partial charge in [0.25, 0.3) is 0 Å². The predicted octanol–water partition coefficient (Wildman–Crippen LogP) is 2.74. The lowest BCUT2D eigenvalue weighted by Gasteiger charge is -2.16. The van der Waals surface area contributed by atoms with Crippen molar-refractivity contribution in [2.45, 2.75) is 13.8 Å². The van der Waals surface area contributed by atoms with Gasteiger partial charge in [-0.1, -0.05) is 18.2 Å². The summed E-state index contributed by atoms with van der Waals surface area (Å²) in [6, 6.07) is 4.32. The minimum atomic E-state index is 0.954. The summed E-state index contributed by atoms with van der Waals surface area (Å²) in [5.74, 6) is 0. The summed E-state index contributed by atoms with van der Waals surface area (Å²) in [6.07, 6.45) is 4.36. The zero-order valence-corrected chi connectivity index (χ0v) is 7.52. The van der Waals surface area contributed by atoms with Crippen LogP contribution in [0.25, 0.3) is 6.08 Å². The first-order valence-electron chi connectivity index (χ1n) is 4.29. The lowest BCUT2D eigenvalue weighted by atomic mass is 9.99. The maximum Gasteiger partial charge on any atom is 0.0419 e. The molecule has 1 N–H and O–H groups in total.